The van der Waals surface area contributed by atoms with Gasteiger partial charge in [-0.05, 0) is 37.3 Å². The van der Waals surface area contributed by atoms with E-state index in [1.54, 1.807) is 0 Å². The van der Waals surface area contributed by atoms with Crippen LogP contribution in [0.2, 0.25) is 0 Å². The standard InChI is InChI=1S/C16H14BrN3O/c1-10-9-20(14-8-11(17)6-7-13(14)18-10)16-12-4-2-3-5-15(12)21-19-16/h2-8,10,18H,9H2,1H3. The number of rotatable bonds is 1. The second-order valence-electron chi connectivity index (χ2n) is 5.32. The number of nitrogens with zero attached hydrogens (tertiary/aromatic N) is 2. The largest absolute Gasteiger partial charge is 0.379 e. The van der Waals surface area contributed by atoms with E-state index in [1.165, 1.54) is 0 Å². The summed E-state index contributed by atoms with van der Waals surface area (Å²) in [5.41, 5.74) is 3.04. The zero-order valence-electron chi connectivity index (χ0n) is 11.5. The maximum absolute atomic E-state index is 5.46. The normalized spacial score (nSPS) is 17.6. The first-order chi connectivity index (χ1) is 10.2. The second-order valence-corrected chi connectivity index (χ2v) is 6.24. The van der Waals surface area contributed by atoms with Gasteiger partial charge in [0.25, 0.3) is 0 Å². The predicted molar refractivity (Wildman–Crippen MR) is 88.2 cm³/mol. The maximum atomic E-state index is 5.46. The molecule has 2 aromatic carbocycles. The van der Waals surface area contributed by atoms with Crippen LogP contribution >= 0.6 is 15.9 Å². The van der Waals surface area contributed by atoms with Crippen molar-refractivity contribution in [2.75, 3.05) is 16.8 Å². The minimum atomic E-state index is 0.342. The van der Waals surface area contributed by atoms with Gasteiger partial charge in [-0.1, -0.05) is 33.2 Å². The van der Waals surface area contributed by atoms with Crippen LogP contribution < -0.4 is 10.2 Å². The summed E-state index contributed by atoms with van der Waals surface area (Å²) in [5.74, 6) is 0.873. The molecule has 0 fully saturated rings. The third-order valence-corrected chi connectivity index (χ3v) is 4.22. The first-order valence-electron chi connectivity index (χ1n) is 6.90. The molecule has 4 rings (SSSR count). The molecule has 106 valence electrons. The van der Waals surface area contributed by atoms with Crippen LogP contribution in [0, 0.1) is 0 Å². The number of nitrogens with one attached hydrogen (secondary N) is 1. The Morgan fingerprint density at radius 2 is 2.14 bits per heavy atom. The molecule has 1 unspecified atom stereocenters. The molecule has 1 aliphatic rings. The summed E-state index contributed by atoms with van der Waals surface area (Å²) in [4.78, 5) is 2.22. The van der Waals surface area contributed by atoms with Gasteiger partial charge in [0.1, 0.15) is 0 Å². The molecule has 2 heterocycles. The molecule has 1 aromatic heterocycles. The fourth-order valence-electron chi connectivity index (χ4n) is 2.80. The number of halogens is 1. The summed E-state index contributed by atoms with van der Waals surface area (Å²) in [6, 6.07) is 14.5. The van der Waals surface area contributed by atoms with Crippen molar-refractivity contribution in [3.05, 3.63) is 46.9 Å². The molecule has 4 nitrogen and oxygen atoms in total. The Morgan fingerprint density at radius 3 is 3.05 bits per heavy atom. The van der Waals surface area contributed by atoms with Crippen LogP contribution in [-0.2, 0) is 0 Å². The lowest BCUT2D eigenvalue weighted by Gasteiger charge is -2.34. The molecule has 0 spiro atoms. The number of aromatic nitrogens is 1. The van der Waals surface area contributed by atoms with E-state index < -0.39 is 0 Å². The molecule has 0 bridgehead atoms. The van der Waals surface area contributed by atoms with Crippen molar-refractivity contribution in [1.29, 1.82) is 0 Å². The Hall–Kier alpha value is -2.01. The summed E-state index contributed by atoms with van der Waals surface area (Å²) in [6.07, 6.45) is 0. The van der Waals surface area contributed by atoms with E-state index in [9.17, 15) is 0 Å². The van der Waals surface area contributed by atoms with Crippen LogP contribution in [0.3, 0.4) is 0 Å². The smallest absolute Gasteiger partial charge is 0.184 e. The molecule has 1 aliphatic heterocycles. The fraction of sp³-hybridized carbons (Fsp3) is 0.188. The third-order valence-electron chi connectivity index (χ3n) is 3.72. The van der Waals surface area contributed by atoms with Gasteiger partial charge in [-0.15, -0.1) is 0 Å². The summed E-state index contributed by atoms with van der Waals surface area (Å²) >= 11 is 3.55. The van der Waals surface area contributed by atoms with Gasteiger partial charge < -0.3 is 14.7 Å². The van der Waals surface area contributed by atoms with E-state index in [1.807, 2.05) is 30.3 Å². The highest BCUT2D eigenvalue weighted by atomic mass is 79.9. The Bertz CT molecular complexity index is 814. The topological polar surface area (TPSA) is 41.3 Å². The van der Waals surface area contributed by atoms with Gasteiger partial charge in [0, 0.05) is 17.1 Å². The van der Waals surface area contributed by atoms with Crippen LogP contribution in [0.5, 0.6) is 0 Å². The van der Waals surface area contributed by atoms with Gasteiger partial charge in [0.15, 0.2) is 11.4 Å². The van der Waals surface area contributed by atoms with Gasteiger partial charge in [-0.25, -0.2) is 0 Å². The number of benzene rings is 2. The molecule has 0 amide bonds. The van der Waals surface area contributed by atoms with Crippen molar-refractivity contribution in [3.63, 3.8) is 0 Å². The van der Waals surface area contributed by atoms with E-state index in [-0.39, 0.29) is 0 Å². The van der Waals surface area contributed by atoms with Crippen LogP contribution in [0.1, 0.15) is 6.92 Å². The number of anilines is 3. The highest BCUT2D eigenvalue weighted by Crippen LogP contribution is 2.39. The quantitative estimate of drug-likeness (QED) is 0.704. The minimum absolute atomic E-state index is 0.342. The highest BCUT2D eigenvalue weighted by Gasteiger charge is 2.26. The van der Waals surface area contributed by atoms with E-state index in [0.717, 1.165) is 39.2 Å². The first kappa shape index (κ1) is 12.7. The molecule has 0 radical (unpaired) electrons. The molecule has 0 saturated heterocycles. The number of para-hydroxylation sites is 1. The lowest BCUT2D eigenvalue weighted by Crippen LogP contribution is -2.37. The van der Waals surface area contributed by atoms with Gasteiger partial charge >= 0.3 is 0 Å². The van der Waals surface area contributed by atoms with Gasteiger partial charge in [0.05, 0.1) is 16.8 Å². The van der Waals surface area contributed by atoms with E-state index in [2.05, 4.69) is 50.4 Å². The maximum Gasteiger partial charge on any atom is 0.184 e. The molecule has 0 saturated carbocycles. The van der Waals surface area contributed by atoms with E-state index in [0.29, 0.717) is 6.04 Å². The Balaban J connectivity index is 1.91. The number of hydrogen-bond acceptors (Lipinski definition) is 4. The lowest BCUT2D eigenvalue weighted by atomic mass is 10.1. The van der Waals surface area contributed by atoms with E-state index in [4.69, 9.17) is 4.52 Å². The molecule has 3 aromatic rings. The lowest BCUT2D eigenvalue weighted by molar-refractivity contribution is 0.456. The van der Waals surface area contributed by atoms with Crippen LogP contribution in [0.4, 0.5) is 17.2 Å². The SMILES string of the molecule is CC1CN(c2noc3ccccc23)c2cc(Br)ccc2N1. The predicted octanol–water partition coefficient (Wildman–Crippen LogP) is 4.54. The third kappa shape index (κ3) is 2.08. The molecule has 0 aliphatic carbocycles. The van der Waals surface area contributed by atoms with Crippen molar-refractivity contribution >= 4 is 44.1 Å². The number of hydrogen-bond donors (Lipinski definition) is 1. The van der Waals surface area contributed by atoms with Crippen LogP contribution in [0.25, 0.3) is 11.0 Å². The van der Waals surface area contributed by atoms with Crippen LogP contribution in [0.15, 0.2) is 51.5 Å². The zero-order valence-corrected chi connectivity index (χ0v) is 13.1. The minimum Gasteiger partial charge on any atom is -0.379 e. The monoisotopic (exact) mass is 343 g/mol. The number of fused-ring (bicyclic) bond motifs is 2. The molecule has 5 heteroatoms. The summed E-state index contributed by atoms with van der Waals surface area (Å²) in [7, 11) is 0. The van der Waals surface area contributed by atoms with Crippen molar-refractivity contribution in [3.8, 4) is 0 Å². The second kappa shape index (κ2) is 4.77. The average Bonchev–Trinajstić information content (AvgIpc) is 2.91. The van der Waals surface area contributed by atoms with Crippen LogP contribution in [-0.4, -0.2) is 17.7 Å². The highest BCUT2D eigenvalue weighted by molar-refractivity contribution is 9.10. The average molecular weight is 344 g/mol. The first-order valence-corrected chi connectivity index (χ1v) is 7.70. The molecular weight excluding hydrogens is 330 g/mol. The van der Waals surface area contributed by atoms with Crippen molar-refractivity contribution in [2.45, 2.75) is 13.0 Å². The zero-order chi connectivity index (χ0) is 14.4. The van der Waals surface area contributed by atoms with Gasteiger partial charge in [0.2, 0.25) is 0 Å². The molecular formula is C16H14BrN3O. The molecule has 1 N–H and O–H groups in total. The van der Waals surface area contributed by atoms with Gasteiger partial charge in [-0.3, -0.25) is 0 Å². The van der Waals surface area contributed by atoms with Crippen molar-refractivity contribution in [2.24, 2.45) is 0 Å². The molecule has 1 atom stereocenters. The Morgan fingerprint density at radius 1 is 1.29 bits per heavy atom. The van der Waals surface area contributed by atoms with Crippen molar-refractivity contribution < 1.29 is 4.52 Å². The summed E-state index contributed by atoms with van der Waals surface area (Å²) in [6.45, 7) is 3.01. The molecule has 21 heavy (non-hydrogen) atoms. The summed E-state index contributed by atoms with van der Waals surface area (Å²) in [5, 5.41) is 8.84. The Kier molecular flexibility index (Phi) is 2.89. The summed E-state index contributed by atoms with van der Waals surface area (Å²) < 4.78 is 6.51. The van der Waals surface area contributed by atoms with Crippen molar-refractivity contribution in [1.82, 2.24) is 5.16 Å². The van der Waals surface area contributed by atoms with Gasteiger partial charge in [-0.2, -0.15) is 0 Å². The fourth-order valence-corrected chi connectivity index (χ4v) is 3.15. The Labute approximate surface area is 130 Å². The van der Waals surface area contributed by atoms with E-state index >= 15 is 0 Å².